The summed E-state index contributed by atoms with van der Waals surface area (Å²) in [5, 5.41) is 15.8. The first kappa shape index (κ1) is 13.2. The molecule has 0 saturated heterocycles. The molecule has 3 N–H and O–H groups in total. The number of aromatic amines is 1. The largest absolute Gasteiger partial charge is 0.481 e. The maximum absolute atomic E-state index is 9.64. The van der Waals surface area contributed by atoms with Crippen molar-refractivity contribution >= 4 is 11.9 Å². The Morgan fingerprint density at radius 2 is 1.87 bits per heavy atom. The number of carboxylic acids is 2. The zero-order valence-electron chi connectivity index (χ0n) is 8.43. The summed E-state index contributed by atoms with van der Waals surface area (Å²) < 4.78 is 0. The Morgan fingerprint density at radius 1 is 1.33 bits per heavy atom. The van der Waals surface area contributed by atoms with Crippen LogP contribution in [0.3, 0.4) is 0 Å². The molecule has 1 heterocycles. The summed E-state index contributed by atoms with van der Waals surface area (Å²) in [5.41, 5.74) is 0. The van der Waals surface area contributed by atoms with E-state index in [-0.39, 0.29) is 12.8 Å². The Labute approximate surface area is 87.0 Å². The third kappa shape index (κ3) is 8.48. The predicted octanol–water partition coefficient (Wildman–Crippen LogP) is 0.908. The van der Waals surface area contributed by atoms with Gasteiger partial charge >= 0.3 is 11.9 Å². The summed E-state index contributed by atoms with van der Waals surface area (Å²) in [6, 6.07) is 0. The van der Waals surface area contributed by atoms with Gasteiger partial charge in [-0.25, -0.2) is 4.98 Å². The molecule has 0 amide bonds. The van der Waals surface area contributed by atoms with Gasteiger partial charge in [-0.3, -0.25) is 9.59 Å². The molecule has 6 nitrogen and oxygen atoms in total. The molecule has 0 radical (unpaired) electrons. The lowest BCUT2D eigenvalue weighted by Gasteiger charge is -1.85. The zero-order chi connectivity index (χ0) is 11.7. The summed E-state index contributed by atoms with van der Waals surface area (Å²) in [4.78, 5) is 26.2. The second-order valence-corrected chi connectivity index (χ2v) is 2.68. The van der Waals surface area contributed by atoms with Crippen LogP contribution in [0.25, 0.3) is 0 Å². The lowest BCUT2D eigenvalue weighted by atomic mass is 10.3. The van der Waals surface area contributed by atoms with Crippen molar-refractivity contribution in [2.24, 2.45) is 0 Å². The van der Waals surface area contributed by atoms with Gasteiger partial charge in [0.1, 0.15) is 5.82 Å². The number of rotatable bonds is 4. The maximum atomic E-state index is 9.64. The molecule has 1 rings (SSSR count). The molecule has 0 bridgehead atoms. The smallest absolute Gasteiger partial charge is 0.303 e. The van der Waals surface area contributed by atoms with E-state index < -0.39 is 11.9 Å². The molecule has 84 valence electrons. The third-order valence-electron chi connectivity index (χ3n) is 1.44. The number of hydrogen-bond donors (Lipinski definition) is 3. The second kappa shape index (κ2) is 7.54. The lowest BCUT2D eigenvalue weighted by Crippen LogP contribution is -2.00. The van der Waals surface area contributed by atoms with E-state index in [0.29, 0.717) is 0 Å². The monoisotopic (exact) mass is 214 g/mol. The number of carboxylic acid groups (broad SMARTS) is 2. The van der Waals surface area contributed by atoms with Crippen LogP contribution in [0.1, 0.15) is 25.6 Å². The van der Waals surface area contributed by atoms with Crippen LogP contribution >= 0.6 is 0 Å². The molecule has 0 saturated carbocycles. The number of aromatic nitrogens is 2. The van der Waals surface area contributed by atoms with Gasteiger partial charge in [0.25, 0.3) is 0 Å². The molecule has 0 spiro atoms. The van der Waals surface area contributed by atoms with Gasteiger partial charge in [-0.05, 0) is 0 Å². The number of aliphatic carboxylic acids is 2. The molecule has 0 atom stereocenters. The minimum absolute atomic E-state index is 0.296. The predicted molar refractivity (Wildman–Crippen MR) is 52.5 cm³/mol. The van der Waals surface area contributed by atoms with Gasteiger partial charge in [0.15, 0.2) is 0 Å². The van der Waals surface area contributed by atoms with Gasteiger partial charge < -0.3 is 15.2 Å². The Kier molecular flexibility index (Phi) is 6.61. The van der Waals surface area contributed by atoms with Crippen molar-refractivity contribution < 1.29 is 19.8 Å². The molecule has 0 aliphatic rings. The minimum atomic E-state index is -1.08. The molecule has 0 aliphatic heterocycles. The van der Waals surface area contributed by atoms with Crippen molar-refractivity contribution in [2.75, 3.05) is 0 Å². The molecule has 0 aliphatic carbocycles. The average molecular weight is 214 g/mol. The average Bonchev–Trinajstić information content (AvgIpc) is 2.68. The van der Waals surface area contributed by atoms with E-state index >= 15 is 0 Å². The number of nitrogens with zero attached hydrogens (tertiary/aromatic N) is 1. The minimum Gasteiger partial charge on any atom is -0.481 e. The van der Waals surface area contributed by atoms with E-state index in [1.165, 1.54) is 0 Å². The van der Waals surface area contributed by atoms with E-state index in [4.69, 9.17) is 10.2 Å². The Balaban J connectivity index is 0.000000262. The van der Waals surface area contributed by atoms with Crippen LogP contribution in [-0.2, 0) is 16.0 Å². The van der Waals surface area contributed by atoms with Crippen molar-refractivity contribution in [1.82, 2.24) is 9.97 Å². The summed E-state index contributed by atoms with van der Waals surface area (Å²) in [6.07, 6.45) is 4.00. The summed E-state index contributed by atoms with van der Waals surface area (Å²) in [5.74, 6) is -1.10. The van der Waals surface area contributed by atoms with E-state index in [2.05, 4.69) is 16.9 Å². The fourth-order valence-electron chi connectivity index (χ4n) is 0.705. The molecule has 1 aromatic rings. The van der Waals surface area contributed by atoms with Crippen molar-refractivity contribution in [3.05, 3.63) is 18.2 Å². The summed E-state index contributed by atoms with van der Waals surface area (Å²) in [7, 11) is 0. The normalized spacial score (nSPS) is 8.87. The van der Waals surface area contributed by atoms with Crippen LogP contribution < -0.4 is 0 Å². The second-order valence-electron chi connectivity index (χ2n) is 2.68. The third-order valence-corrected chi connectivity index (χ3v) is 1.44. The quantitative estimate of drug-likeness (QED) is 0.691. The maximum Gasteiger partial charge on any atom is 0.303 e. The van der Waals surface area contributed by atoms with E-state index in [0.717, 1.165) is 12.2 Å². The molecule has 0 fully saturated rings. The number of H-pyrrole nitrogens is 1. The fraction of sp³-hybridized carbons (Fsp3) is 0.444. The van der Waals surface area contributed by atoms with E-state index in [9.17, 15) is 9.59 Å². The highest BCUT2D eigenvalue weighted by atomic mass is 16.4. The van der Waals surface area contributed by atoms with Crippen molar-refractivity contribution in [2.45, 2.75) is 26.2 Å². The Bertz CT molecular complexity index is 281. The standard InChI is InChI=1S/C5H8N2.C4H6O4/c1-2-5-6-3-4-7-5;5-3(6)1-2-4(7)8/h3-4H,2H2,1H3,(H,6,7);1-2H2,(H,5,6)(H,7,8). The SMILES string of the molecule is CCc1ncc[nH]1.O=C(O)CCC(=O)O. The zero-order valence-corrected chi connectivity index (χ0v) is 8.43. The number of carbonyl (C=O) groups is 2. The van der Waals surface area contributed by atoms with Crippen molar-refractivity contribution in [3.63, 3.8) is 0 Å². The van der Waals surface area contributed by atoms with Crippen LogP contribution in [0, 0.1) is 0 Å². The number of imidazole rings is 1. The van der Waals surface area contributed by atoms with Crippen LogP contribution in [0.2, 0.25) is 0 Å². The van der Waals surface area contributed by atoms with Gasteiger partial charge in [0.2, 0.25) is 0 Å². The fourth-order valence-corrected chi connectivity index (χ4v) is 0.705. The van der Waals surface area contributed by atoms with Gasteiger partial charge in [-0.15, -0.1) is 0 Å². The highest BCUT2D eigenvalue weighted by Gasteiger charge is 2.00. The van der Waals surface area contributed by atoms with E-state index in [1.54, 1.807) is 6.20 Å². The molecule has 6 heteroatoms. The van der Waals surface area contributed by atoms with Crippen molar-refractivity contribution in [3.8, 4) is 0 Å². The first-order valence-electron chi connectivity index (χ1n) is 4.48. The lowest BCUT2D eigenvalue weighted by molar-refractivity contribution is -0.143. The molecule has 0 aromatic carbocycles. The van der Waals surface area contributed by atoms with E-state index in [1.807, 2.05) is 6.20 Å². The van der Waals surface area contributed by atoms with Gasteiger partial charge in [-0.2, -0.15) is 0 Å². The first-order valence-corrected chi connectivity index (χ1v) is 4.48. The van der Waals surface area contributed by atoms with Crippen LogP contribution in [0.4, 0.5) is 0 Å². The Morgan fingerprint density at radius 3 is 2.07 bits per heavy atom. The topological polar surface area (TPSA) is 103 Å². The van der Waals surface area contributed by atoms with Crippen molar-refractivity contribution in [1.29, 1.82) is 0 Å². The molecular weight excluding hydrogens is 200 g/mol. The van der Waals surface area contributed by atoms with Crippen LogP contribution in [-0.4, -0.2) is 32.1 Å². The van der Waals surface area contributed by atoms with Gasteiger partial charge in [0, 0.05) is 18.8 Å². The molecule has 0 unspecified atom stereocenters. The Hall–Kier alpha value is -1.85. The molecule has 15 heavy (non-hydrogen) atoms. The number of nitrogens with one attached hydrogen (secondary N) is 1. The summed E-state index contributed by atoms with van der Waals surface area (Å²) >= 11 is 0. The highest BCUT2D eigenvalue weighted by molar-refractivity contribution is 5.75. The van der Waals surface area contributed by atoms with Crippen LogP contribution in [0.15, 0.2) is 12.4 Å². The number of aryl methyl sites for hydroxylation is 1. The number of hydrogen-bond acceptors (Lipinski definition) is 3. The van der Waals surface area contributed by atoms with Gasteiger partial charge in [0.05, 0.1) is 12.8 Å². The molecule has 1 aromatic heterocycles. The first-order chi connectivity index (χ1) is 7.06. The van der Waals surface area contributed by atoms with Crippen LogP contribution in [0.5, 0.6) is 0 Å². The highest BCUT2D eigenvalue weighted by Crippen LogP contribution is 1.86. The molecular formula is C9H14N2O4. The summed E-state index contributed by atoms with van der Waals surface area (Å²) in [6.45, 7) is 2.07. The van der Waals surface area contributed by atoms with Gasteiger partial charge in [-0.1, -0.05) is 6.92 Å².